The van der Waals surface area contributed by atoms with Gasteiger partial charge in [-0.3, -0.25) is 9.36 Å². The molecule has 28 heavy (non-hydrogen) atoms. The molecule has 146 valence electrons. The van der Waals surface area contributed by atoms with Crippen LogP contribution in [0.1, 0.15) is 0 Å². The zero-order chi connectivity index (χ0) is 20.3. The van der Waals surface area contributed by atoms with Crippen LogP contribution in [-0.4, -0.2) is 29.5 Å². The second-order valence-corrected chi connectivity index (χ2v) is 9.93. The van der Waals surface area contributed by atoms with Gasteiger partial charge in [-0.25, -0.2) is 13.4 Å². The normalized spacial score (nSPS) is 11.6. The van der Waals surface area contributed by atoms with Crippen molar-refractivity contribution in [2.45, 2.75) is 16.6 Å². The lowest BCUT2D eigenvalue weighted by atomic mass is 10.2. The molecule has 0 bridgehead atoms. The van der Waals surface area contributed by atoms with E-state index in [2.05, 4.69) is 11.6 Å². The summed E-state index contributed by atoms with van der Waals surface area (Å²) in [4.78, 5) is 17.5. The van der Waals surface area contributed by atoms with Crippen LogP contribution in [0.3, 0.4) is 0 Å². The summed E-state index contributed by atoms with van der Waals surface area (Å²) in [6.45, 7) is 3.95. The lowest BCUT2D eigenvalue weighted by molar-refractivity contribution is 0.597. The van der Waals surface area contributed by atoms with Crippen LogP contribution in [0.5, 0.6) is 0 Å². The van der Waals surface area contributed by atoms with Crippen LogP contribution in [-0.2, 0) is 16.4 Å². The van der Waals surface area contributed by atoms with Crippen molar-refractivity contribution < 1.29 is 8.42 Å². The highest BCUT2D eigenvalue weighted by Gasteiger charge is 2.16. The molecule has 9 heteroatoms. The van der Waals surface area contributed by atoms with E-state index in [4.69, 9.17) is 23.2 Å². The van der Waals surface area contributed by atoms with E-state index in [1.165, 1.54) is 40.6 Å². The summed E-state index contributed by atoms with van der Waals surface area (Å²) in [5.74, 6) is 0.136. The molecule has 0 aliphatic carbocycles. The predicted molar refractivity (Wildman–Crippen MR) is 115 cm³/mol. The number of nitrogens with zero attached hydrogens (tertiary/aromatic N) is 2. The first kappa shape index (κ1) is 20.9. The van der Waals surface area contributed by atoms with Crippen LogP contribution < -0.4 is 5.56 Å². The fraction of sp³-hybridized carbons (Fsp3) is 0.158. The Balaban J connectivity index is 1.87. The van der Waals surface area contributed by atoms with Crippen molar-refractivity contribution >= 4 is 55.7 Å². The lowest BCUT2D eigenvalue weighted by Crippen LogP contribution is -2.23. The minimum atomic E-state index is -3.47. The number of thioether (sulfide) groups is 1. The molecule has 1 heterocycles. The number of fused-ring (bicyclic) bond motifs is 1. The molecule has 0 radical (unpaired) electrons. The number of rotatable bonds is 7. The highest BCUT2D eigenvalue weighted by Crippen LogP contribution is 2.22. The monoisotopic (exact) mass is 454 g/mol. The molecule has 3 rings (SSSR count). The molecular formula is C19H16Cl2N2O3S2. The molecule has 0 atom stereocenters. The van der Waals surface area contributed by atoms with Crippen molar-refractivity contribution in [1.29, 1.82) is 0 Å². The highest BCUT2D eigenvalue weighted by atomic mass is 35.5. The highest BCUT2D eigenvalue weighted by molar-refractivity contribution is 8.00. The first-order chi connectivity index (χ1) is 13.3. The second kappa shape index (κ2) is 8.69. The molecular weight excluding hydrogens is 439 g/mol. The molecule has 0 fully saturated rings. The molecule has 1 aromatic heterocycles. The van der Waals surface area contributed by atoms with E-state index in [1.807, 2.05) is 0 Å². The quantitative estimate of drug-likeness (QED) is 0.299. The number of hydrogen-bond donors (Lipinski definition) is 0. The second-order valence-electron chi connectivity index (χ2n) is 5.88. The summed E-state index contributed by atoms with van der Waals surface area (Å²) in [6.07, 6.45) is 1.60. The maximum Gasteiger partial charge on any atom is 0.262 e. The Morgan fingerprint density at radius 1 is 1.11 bits per heavy atom. The smallest absolute Gasteiger partial charge is 0.262 e. The summed E-state index contributed by atoms with van der Waals surface area (Å²) in [7, 11) is -3.47. The zero-order valence-corrected chi connectivity index (χ0v) is 17.8. The van der Waals surface area contributed by atoms with Gasteiger partial charge in [-0.15, -0.1) is 6.58 Å². The molecule has 0 aliphatic rings. The summed E-state index contributed by atoms with van der Waals surface area (Å²) in [5.41, 5.74) is 0.255. The number of allylic oxidation sites excluding steroid dienone is 1. The molecule has 0 saturated heterocycles. The van der Waals surface area contributed by atoms with E-state index in [0.717, 1.165) is 0 Å². The number of sulfone groups is 1. The Morgan fingerprint density at radius 3 is 2.46 bits per heavy atom. The van der Waals surface area contributed by atoms with Gasteiger partial charge in [0.15, 0.2) is 15.0 Å². The Morgan fingerprint density at radius 2 is 1.79 bits per heavy atom. The minimum absolute atomic E-state index is 0.100. The molecule has 0 amide bonds. The van der Waals surface area contributed by atoms with Crippen molar-refractivity contribution in [3.63, 3.8) is 0 Å². The average Bonchev–Trinajstić information content (AvgIpc) is 2.64. The molecule has 0 spiro atoms. The zero-order valence-electron chi connectivity index (χ0n) is 14.6. The number of hydrogen-bond acceptors (Lipinski definition) is 5. The maximum absolute atomic E-state index is 12.8. The van der Waals surface area contributed by atoms with E-state index < -0.39 is 9.84 Å². The van der Waals surface area contributed by atoms with Crippen LogP contribution in [0.15, 0.2) is 70.0 Å². The van der Waals surface area contributed by atoms with Crippen LogP contribution in [0.2, 0.25) is 10.0 Å². The van der Waals surface area contributed by atoms with Crippen LogP contribution in [0, 0.1) is 0 Å². The Kier molecular flexibility index (Phi) is 6.50. The number of aromatic nitrogens is 2. The molecule has 3 aromatic rings. The van der Waals surface area contributed by atoms with E-state index in [1.54, 1.807) is 24.3 Å². The first-order valence-electron chi connectivity index (χ1n) is 8.24. The van der Waals surface area contributed by atoms with E-state index in [-0.39, 0.29) is 28.5 Å². The standard InChI is InChI=1S/C19H16Cl2N2O3S2/c1-2-9-23-18(24)16-8-5-14(21)12-17(16)22-19(23)27-10-11-28(25,26)15-6-3-13(20)4-7-15/h2-8,12H,1,9-11H2. The van der Waals surface area contributed by atoms with Gasteiger partial charge in [0.05, 0.1) is 21.6 Å². The van der Waals surface area contributed by atoms with Crippen molar-refractivity contribution in [2.75, 3.05) is 11.5 Å². The molecule has 2 aromatic carbocycles. The van der Waals surface area contributed by atoms with Gasteiger partial charge in [0.1, 0.15) is 0 Å². The number of benzene rings is 2. The van der Waals surface area contributed by atoms with Crippen molar-refractivity contribution in [1.82, 2.24) is 9.55 Å². The van der Waals surface area contributed by atoms with Crippen molar-refractivity contribution in [2.24, 2.45) is 0 Å². The fourth-order valence-electron chi connectivity index (χ4n) is 2.58. The van der Waals surface area contributed by atoms with Crippen LogP contribution in [0.4, 0.5) is 0 Å². The van der Waals surface area contributed by atoms with Gasteiger partial charge >= 0.3 is 0 Å². The van der Waals surface area contributed by atoms with Gasteiger partial charge in [0.25, 0.3) is 5.56 Å². The van der Waals surface area contributed by atoms with Gasteiger partial charge in [-0.05, 0) is 42.5 Å². The average molecular weight is 455 g/mol. The summed E-state index contributed by atoms with van der Waals surface area (Å²) < 4.78 is 26.5. The molecule has 0 saturated carbocycles. The van der Waals surface area contributed by atoms with E-state index in [9.17, 15) is 13.2 Å². The Labute approximate surface area is 176 Å². The number of halogens is 2. The minimum Gasteiger partial charge on any atom is -0.283 e. The maximum atomic E-state index is 12.8. The third kappa shape index (κ3) is 4.60. The Bertz CT molecular complexity index is 1190. The van der Waals surface area contributed by atoms with Gasteiger partial charge in [-0.2, -0.15) is 0 Å². The van der Waals surface area contributed by atoms with E-state index in [0.29, 0.717) is 26.1 Å². The third-order valence-electron chi connectivity index (χ3n) is 3.95. The summed E-state index contributed by atoms with van der Waals surface area (Å²) in [5, 5.41) is 1.82. The molecule has 0 aliphatic heterocycles. The molecule has 0 unspecified atom stereocenters. The summed E-state index contributed by atoms with van der Waals surface area (Å²) >= 11 is 13.0. The van der Waals surface area contributed by atoms with Crippen molar-refractivity contribution in [3.05, 3.63) is 75.5 Å². The van der Waals surface area contributed by atoms with Gasteiger partial charge < -0.3 is 0 Å². The van der Waals surface area contributed by atoms with Gasteiger partial charge in [0, 0.05) is 22.3 Å². The third-order valence-corrected chi connectivity index (χ3v) is 7.41. The first-order valence-corrected chi connectivity index (χ1v) is 11.6. The Hall–Kier alpha value is -1.80. The van der Waals surface area contributed by atoms with E-state index >= 15 is 0 Å². The molecule has 0 N–H and O–H groups in total. The fourth-order valence-corrected chi connectivity index (χ4v) is 5.53. The SMILES string of the molecule is C=CCn1c(SCCS(=O)(=O)c2ccc(Cl)cc2)nc2cc(Cl)ccc2c1=O. The van der Waals surface area contributed by atoms with Gasteiger partial charge in [0.2, 0.25) is 0 Å². The lowest BCUT2D eigenvalue weighted by Gasteiger charge is -2.12. The van der Waals surface area contributed by atoms with Gasteiger partial charge in [-0.1, -0.05) is 41.0 Å². The van der Waals surface area contributed by atoms with Crippen molar-refractivity contribution in [3.8, 4) is 0 Å². The predicted octanol–water partition coefficient (Wildman–Crippen LogP) is 4.46. The molecule has 5 nitrogen and oxygen atoms in total. The van der Waals surface area contributed by atoms with Crippen LogP contribution >= 0.6 is 35.0 Å². The summed E-state index contributed by atoms with van der Waals surface area (Å²) in [6, 6.07) is 10.9. The largest absolute Gasteiger partial charge is 0.283 e. The topological polar surface area (TPSA) is 69.0 Å². The van der Waals surface area contributed by atoms with Crippen LogP contribution in [0.25, 0.3) is 10.9 Å².